The summed E-state index contributed by atoms with van der Waals surface area (Å²) >= 11 is 0. The monoisotopic (exact) mass is 185 g/mol. The number of aliphatic hydroxyl groups excluding tert-OH is 1. The SMILES string of the molecule is CC(O)CCC(=O)NCC1(C)CC1. The average molecular weight is 185 g/mol. The molecule has 1 atom stereocenters. The summed E-state index contributed by atoms with van der Waals surface area (Å²) in [4.78, 5) is 11.2. The first-order valence-electron chi connectivity index (χ1n) is 4.97. The van der Waals surface area contributed by atoms with E-state index in [1.54, 1.807) is 6.92 Å². The number of nitrogens with one attached hydrogen (secondary N) is 1. The Kier molecular flexibility index (Phi) is 3.31. The molecule has 1 rings (SSSR count). The molecule has 13 heavy (non-hydrogen) atoms. The number of hydrogen-bond acceptors (Lipinski definition) is 2. The van der Waals surface area contributed by atoms with Crippen LogP contribution in [0.4, 0.5) is 0 Å². The van der Waals surface area contributed by atoms with E-state index in [1.807, 2.05) is 0 Å². The van der Waals surface area contributed by atoms with E-state index >= 15 is 0 Å². The molecule has 0 bridgehead atoms. The Balaban J connectivity index is 2.04. The van der Waals surface area contributed by atoms with Gasteiger partial charge in [0.15, 0.2) is 0 Å². The Hall–Kier alpha value is -0.570. The molecule has 1 unspecified atom stereocenters. The van der Waals surface area contributed by atoms with Crippen LogP contribution in [0.15, 0.2) is 0 Å². The lowest BCUT2D eigenvalue weighted by Crippen LogP contribution is -2.29. The van der Waals surface area contributed by atoms with Gasteiger partial charge in [0.05, 0.1) is 6.10 Å². The standard InChI is InChI=1S/C10H19NO2/c1-8(12)3-4-9(13)11-7-10(2)5-6-10/h8,12H,3-7H2,1-2H3,(H,11,13). The molecule has 0 radical (unpaired) electrons. The molecule has 0 spiro atoms. The number of aliphatic hydroxyl groups is 1. The average Bonchev–Trinajstić information content (AvgIpc) is 2.77. The van der Waals surface area contributed by atoms with Gasteiger partial charge in [-0.2, -0.15) is 0 Å². The Morgan fingerprint density at radius 2 is 2.23 bits per heavy atom. The Labute approximate surface area is 79.5 Å². The van der Waals surface area contributed by atoms with Crippen molar-refractivity contribution in [2.45, 2.75) is 45.6 Å². The van der Waals surface area contributed by atoms with Crippen molar-refractivity contribution in [1.82, 2.24) is 5.32 Å². The molecule has 1 saturated carbocycles. The smallest absolute Gasteiger partial charge is 0.220 e. The van der Waals surface area contributed by atoms with Crippen LogP contribution in [0.2, 0.25) is 0 Å². The van der Waals surface area contributed by atoms with Gasteiger partial charge in [-0.15, -0.1) is 0 Å². The van der Waals surface area contributed by atoms with Gasteiger partial charge in [0.2, 0.25) is 5.91 Å². The maximum Gasteiger partial charge on any atom is 0.220 e. The third kappa shape index (κ3) is 4.27. The van der Waals surface area contributed by atoms with E-state index in [1.165, 1.54) is 12.8 Å². The van der Waals surface area contributed by atoms with Crippen LogP contribution in [-0.4, -0.2) is 23.7 Å². The van der Waals surface area contributed by atoms with Crippen molar-refractivity contribution >= 4 is 5.91 Å². The molecule has 0 aromatic carbocycles. The van der Waals surface area contributed by atoms with Crippen LogP contribution in [0.1, 0.15) is 39.5 Å². The molecule has 1 amide bonds. The van der Waals surface area contributed by atoms with E-state index in [0.717, 1.165) is 6.54 Å². The minimum atomic E-state index is -0.373. The van der Waals surface area contributed by atoms with Gasteiger partial charge >= 0.3 is 0 Å². The number of carbonyl (C=O) groups is 1. The van der Waals surface area contributed by atoms with Crippen LogP contribution in [-0.2, 0) is 4.79 Å². The summed E-state index contributed by atoms with van der Waals surface area (Å²) in [6.07, 6.45) is 3.08. The number of hydrogen-bond donors (Lipinski definition) is 2. The van der Waals surface area contributed by atoms with Crippen molar-refractivity contribution < 1.29 is 9.90 Å². The van der Waals surface area contributed by atoms with Crippen LogP contribution in [0.5, 0.6) is 0 Å². The summed E-state index contributed by atoms with van der Waals surface area (Å²) in [6, 6.07) is 0. The fourth-order valence-electron chi connectivity index (χ4n) is 1.13. The molecular weight excluding hydrogens is 166 g/mol. The fourth-order valence-corrected chi connectivity index (χ4v) is 1.13. The third-order valence-corrected chi connectivity index (χ3v) is 2.61. The predicted molar refractivity (Wildman–Crippen MR) is 51.3 cm³/mol. The van der Waals surface area contributed by atoms with Gasteiger partial charge in [-0.3, -0.25) is 4.79 Å². The van der Waals surface area contributed by atoms with Gasteiger partial charge < -0.3 is 10.4 Å². The zero-order valence-electron chi connectivity index (χ0n) is 8.47. The minimum absolute atomic E-state index is 0.0639. The lowest BCUT2D eigenvalue weighted by Gasteiger charge is -2.10. The molecule has 0 saturated heterocycles. The van der Waals surface area contributed by atoms with E-state index in [0.29, 0.717) is 18.3 Å². The summed E-state index contributed by atoms with van der Waals surface area (Å²) in [5.41, 5.74) is 0.375. The van der Waals surface area contributed by atoms with E-state index in [-0.39, 0.29) is 12.0 Å². The molecule has 0 aromatic heterocycles. The van der Waals surface area contributed by atoms with Gasteiger partial charge in [0.25, 0.3) is 0 Å². The van der Waals surface area contributed by atoms with Crippen molar-refractivity contribution in [2.24, 2.45) is 5.41 Å². The van der Waals surface area contributed by atoms with Crippen LogP contribution in [0.25, 0.3) is 0 Å². The molecular formula is C10H19NO2. The highest BCUT2D eigenvalue weighted by molar-refractivity contribution is 5.75. The van der Waals surface area contributed by atoms with Crippen molar-refractivity contribution in [3.63, 3.8) is 0 Å². The first kappa shape index (κ1) is 10.5. The maximum atomic E-state index is 11.2. The summed E-state index contributed by atoms with van der Waals surface area (Å²) in [7, 11) is 0. The van der Waals surface area contributed by atoms with E-state index in [9.17, 15) is 4.79 Å². The topological polar surface area (TPSA) is 49.3 Å². The molecule has 1 aliphatic rings. The first-order chi connectivity index (χ1) is 6.02. The van der Waals surface area contributed by atoms with Crippen molar-refractivity contribution in [2.75, 3.05) is 6.54 Å². The molecule has 2 N–H and O–H groups in total. The number of carbonyl (C=O) groups excluding carboxylic acids is 1. The Bertz CT molecular complexity index is 185. The summed E-state index contributed by atoms with van der Waals surface area (Å²) < 4.78 is 0. The van der Waals surface area contributed by atoms with E-state index in [4.69, 9.17) is 5.11 Å². The highest BCUT2D eigenvalue weighted by atomic mass is 16.3. The molecule has 3 heteroatoms. The first-order valence-corrected chi connectivity index (χ1v) is 4.97. The second kappa shape index (κ2) is 4.09. The Morgan fingerprint density at radius 3 is 2.69 bits per heavy atom. The third-order valence-electron chi connectivity index (χ3n) is 2.61. The van der Waals surface area contributed by atoms with Crippen LogP contribution >= 0.6 is 0 Å². The van der Waals surface area contributed by atoms with Crippen molar-refractivity contribution in [1.29, 1.82) is 0 Å². The summed E-state index contributed by atoms with van der Waals surface area (Å²) in [5, 5.41) is 11.9. The predicted octanol–water partition coefficient (Wildman–Crippen LogP) is 1.06. The maximum absolute atomic E-state index is 11.2. The zero-order valence-corrected chi connectivity index (χ0v) is 8.47. The van der Waals surface area contributed by atoms with E-state index in [2.05, 4.69) is 12.2 Å². The highest BCUT2D eigenvalue weighted by Gasteiger charge is 2.37. The molecule has 76 valence electrons. The van der Waals surface area contributed by atoms with Gasteiger partial charge in [-0.05, 0) is 31.6 Å². The summed E-state index contributed by atoms with van der Waals surface area (Å²) in [6.45, 7) is 4.68. The van der Waals surface area contributed by atoms with Crippen molar-refractivity contribution in [3.05, 3.63) is 0 Å². The van der Waals surface area contributed by atoms with Crippen LogP contribution in [0, 0.1) is 5.41 Å². The van der Waals surface area contributed by atoms with Gasteiger partial charge in [0.1, 0.15) is 0 Å². The highest BCUT2D eigenvalue weighted by Crippen LogP contribution is 2.43. The molecule has 3 nitrogen and oxygen atoms in total. The molecule has 1 aliphatic carbocycles. The largest absolute Gasteiger partial charge is 0.393 e. The second-order valence-corrected chi connectivity index (χ2v) is 4.48. The summed E-state index contributed by atoms with van der Waals surface area (Å²) in [5.74, 6) is 0.0639. The molecule has 1 fully saturated rings. The quantitative estimate of drug-likeness (QED) is 0.673. The number of amides is 1. The molecule has 0 aliphatic heterocycles. The normalized spacial score (nSPS) is 20.8. The zero-order chi connectivity index (χ0) is 9.90. The van der Waals surface area contributed by atoms with Gasteiger partial charge in [0, 0.05) is 13.0 Å². The van der Waals surface area contributed by atoms with Crippen molar-refractivity contribution in [3.8, 4) is 0 Å². The Morgan fingerprint density at radius 1 is 1.62 bits per heavy atom. The lowest BCUT2D eigenvalue weighted by atomic mass is 10.1. The fraction of sp³-hybridized carbons (Fsp3) is 0.900. The molecule has 0 heterocycles. The second-order valence-electron chi connectivity index (χ2n) is 4.48. The number of rotatable bonds is 5. The van der Waals surface area contributed by atoms with E-state index < -0.39 is 0 Å². The van der Waals surface area contributed by atoms with Gasteiger partial charge in [-0.25, -0.2) is 0 Å². The minimum Gasteiger partial charge on any atom is -0.393 e. The van der Waals surface area contributed by atoms with Crippen LogP contribution < -0.4 is 5.32 Å². The van der Waals surface area contributed by atoms with Gasteiger partial charge in [-0.1, -0.05) is 6.92 Å². The van der Waals surface area contributed by atoms with Crippen LogP contribution in [0.3, 0.4) is 0 Å². The molecule has 0 aromatic rings. The lowest BCUT2D eigenvalue weighted by molar-refractivity contribution is -0.121.